The van der Waals surface area contributed by atoms with Crippen LogP contribution in [0.25, 0.3) is 0 Å². The van der Waals surface area contributed by atoms with Crippen LogP contribution < -0.4 is 9.80 Å². The number of nitriles is 1. The Morgan fingerprint density at radius 2 is 1.41 bits per heavy atom. The first-order valence-corrected chi connectivity index (χ1v) is 9.89. The molecule has 3 aromatic rings. The summed E-state index contributed by atoms with van der Waals surface area (Å²) in [6, 6.07) is 23.4. The number of benzene rings is 3. The van der Waals surface area contributed by atoms with Gasteiger partial charge in [0.05, 0.1) is 23.7 Å². The minimum atomic E-state index is -0.271. The van der Waals surface area contributed by atoms with E-state index in [0.29, 0.717) is 15.6 Å². The Morgan fingerprint density at radius 1 is 0.862 bits per heavy atom. The maximum Gasteiger partial charge on any atom is 0.329 e. The molecule has 0 bridgehead atoms. The number of urea groups is 1. The molecule has 0 spiro atoms. The highest BCUT2D eigenvalue weighted by Crippen LogP contribution is 2.41. The van der Waals surface area contributed by atoms with Crippen molar-refractivity contribution >= 4 is 40.6 Å². The van der Waals surface area contributed by atoms with Gasteiger partial charge in [-0.1, -0.05) is 35.3 Å². The van der Waals surface area contributed by atoms with E-state index >= 15 is 0 Å². The van der Waals surface area contributed by atoms with Crippen molar-refractivity contribution in [3.8, 4) is 6.07 Å². The Balaban J connectivity index is 1.84. The van der Waals surface area contributed by atoms with E-state index < -0.39 is 0 Å². The second-order valence-corrected chi connectivity index (χ2v) is 7.77. The quantitative estimate of drug-likeness (QED) is 0.488. The minimum absolute atomic E-state index is 0.144. The fourth-order valence-corrected chi connectivity index (χ4v) is 4.06. The van der Waals surface area contributed by atoms with Crippen molar-refractivity contribution in [1.29, 1.82) is 5.26 Å². The van der Waals surface area contributed by atoms with Gasteiger partial charge in [-0.3, -0.25) is 9.80 Å². The van der Waals surface area contributed by atoms with Crippen LogP contribution >= 0.6 is 23.2 Å². The summed E-state index contributed by atoms with van der Waals surface area (Å²) in [5.74, 6) is 0. The first-order chi connectivity index (χ1) is 14.0. The molecule has 0 unspecified atom stereocenters. The van der Waals surface area contributed by atoms with Gasteiger partial charge in [0, 0.05) is 21.4 Å². The molecule has 1 aliphatic heterocycles. The van der Waals surface area contributed by atoms with E-state index in [4.69, 9.17) is 23.2 Å². The second kappa shape index (κ2) is 7.79. The van der Waals surface area contributed by atoms with Gasteiger partial charge in [-0.05, 0) is 73.2 Å². The van der Waals surface area contributed by atoms with Crippen LogP contribution in [-0.4, -0.2) is 12.1 Å². The van der Waals surface area contributed by atoms with Crippen LogP contribution in [0.3, 0.4) is 0 Å². The molecule has 0 N–H and O–H groups in total. The summed E-state index contributed by atoms with van der Waals surface area (Å²) in [5, 5.41) is 10.5. The van der Waals surface area contributed by atoms with E-state index in [1.54, 1.807) is 40.1 Å². The summed E-state index contributed by atoms with van der Waals surface area (Å²) in [4.78, 5) is 17.1. The van der Waals surface area contributed by atoms with Gasteiger partial charge in [0.25, 0.3) is 0 Å². The van der Waals surface area contributed by atoms with Crippen molar-refractivity contribution < 1.29 is 4.79 Å². The van der Waals surface area contributed by atoms with Crippen molar-refractivity contribution in [3.05, 3.63) is 94.0 Å². The van der Waals surface area contributed by atoms with Crippen LogP contribution in [0.1, 0.15) is 24.1 Å². The highest BCUT2D eigenvalue weighted by atomic mass is 35.5. The highest BCUT2D eigenvalue weighted by molar-refractivity contribution is 6.31. The van der Waals surface area contributed by atoms with E-state index in [-0.39, 0.29) is 18.1 Å². The third-order valence-corrected chi connectivity index (χ3v) is 5.63. The zero-order valence-electron chi connectivity index (χ0n) is 15.6. The summed E-state index contributed by atoms with van der Waals surface area (Å²) >= 11 is 12.1. The number of hydrogen-bond donors (Lipinski definition) is 0. The average molecular weight is 422 g/mol. The summed E-state index contributed by atoms with van der Waals surface area (Å²) in [6.07, 6.45) is 0. The molecule has 1 fully saturated rings. The number of rotatable bonds is 3. The van der Waals surface area contributed by atoms with Crippen molar-refractivity contribution in [2.24, 2.45) is 0 Å². The zero-order valence-corrected chi connectivity index (χ0v) is 17.1. The van der Waals surface area contributed by atoms with Gasteiger partial charge in [-0.25, -0.2) is 4.79 Å². The largest absolute Gasteiger partial charge is 0.329 e. The van der Waals surface area contributed by atoms with Crippen LogP contribution in [0.5, 0.6) is 0 Å². The van der Waals surface area contributed by atoms with Gasteiger partial charge in [0.15, 0.2) is 0 Å². The topological polar surface area (TPSA) is 47.3 Å². The smallest absolute Gasteiger partial charge is 0.289 e. The first kappa shape index (κ1) is 19.3. The van der Waals surface area contributed by atoms with Gasteiger partial charge in [0.1, 0.15) is 0 Å². The first-order valence-electron chi connectivity index (χ1n) is 9.13. The maximum atomic E-state index is 13.5. The van der Waals surface area contributed by atoms with Gasteiger partial charge < -0.3 is 0 Å². The third kappa shape index (κ3) is 3.55. The number of carbonyl (C=O) groups excluding carboxylic acids is 1. The molecular weight excluding hydrogens is 405 g/mol. The molecule has 4 rings (SSSR count). The number of carbonyl (C=O) groups is 1. The fraction of sp³-hybridized carbons (Fsp3) is 0.130. The molecule has 144 valence electrons. The van der Waals surface area contributed by atoms with E-state index in [9.17, 15) is 10.1 Å². The van der Waals surface area contributed by atoms with E-state index in [0.717, 1.165) is 16.9 Å². The molecule has 6 heteroatoms. The number of halogens is 2. The summed E-state index contributed by atoms with van der Waals surface area (Å²) in [6.45, 7) is 2.01. The van der Waals surface area contributed by atoms with Crippen molar-refractivity contribution in [2.45, 2.75) is 19.0 Å². The molecule has 0 radical (unpaired) electrons. The molecule has 1 aliphatic rings. The molecule has 0 aliphatic carbocycles. The summed E-state index contributed by atoms with van der Waals surface area (Å²) in [5.41, 5.74) is 2.97. The van der Waals surface area contributed by atoms with Crippen molar-refractivity contribution in [3.63, 3.8) is 0 Å². The van der Waals surface area contributed by atoms with Gasteiger partial charge in [-0.15, -0.1) is 0 Å². The predicted molar refractivity (Wildman–Crippen MR) is 117 cm³/mol. The molecule has 4 nitrogen and oxygen atoms in total. The van der Waals surface area contributed by atoms with Crippen LogP contribution in [0.2, 0.25) is 10.0 Å². The van der Waals surface area contributed by atoms with Crippen LogP contribution in [0, 0.1) is 11.3 Å². The lowest BCUT2D eigenvalue weighted by atomic mass is 9.97. The Bertz CT molecular complexity index is 1090. The summed E-state index contributed by atoms with van der Waals surface area (Å²) in [7, 11) is 0. The van der Waals surface area contributed by atoms with Gasteiger partial charge >= 0.3 is 6.03 Å². The molecule has 2 amide bonds. The predicted octanol–water partition coefficient (Wildman–Crippen LogP) is 6.44. The van der Waals surface area contributed by atoms with E-state index in [2.05, 4.69) is 6.07 Å². The van der Waals surface area contributed by atoms with E-state index in [1.165, 1.54) is 0 Å². The Kier molecular flexibility index (Phi) is 5.19. The molecule has 0 aromatic heterocycles. The molecule has 1 heterocycles. The minimum Gasteiger partial charge on any atom is -0.289 e. The monoisotopic (exact) mass is 421 g/mol. The lowest BCUT2D eigenvalue weighted by molar-refractivity contribution is 0.255. The number of anilines is 2. The molecular formula is C23H17Cl2N3O. The molecule has 0 saturated carbocycles. The number of amides is 2. The fourth-order valence-electron chi connectivity index (χ4n) is 3.81. The summed E-state index contributed by atoms with van der Waals surface area (Å²) < 4.78 is 0. The van der Waals surface area contributed by atoms with Crippen molar-refractivity contribution in [1.82, 2.24) is 0 Å². The average Bonchev–Trinajstić information content (AvgIpc) is 2.99. The van der Waals surface area contributed by atoms with Crippen LogP contribution in [0.4, 0.5) is 16.2 Å². The normalized spacial score (nSPS) is 18.8. The number of nitrogens with zero attached hydrogens (tertiary/aromatic N) is 3. The van der Waals surface area contributed by atoms with Crippen LogP contribution in [-0.2, 0) is 0 Å². The highest BCUT2D eigenvalue weighted by Gasteiger charge is 2.45. The third-order valence-electron chi connectivity index (χ3n) is 5.12. The molecule has 1 saturated heterocycles. The Labute approximate surface area is 179 Å². The molecule has 29 heavy (non-hydrogen) atoms. The SMILES string of the molecule is C[C@H]1[C@H](c2cccc(C#N)c2)N(c2ccc(Cl)cc2)C(=O)N1c1ccc(Cl)cc1. The van der Waals surface area contributed by atoms with Crippen LogP contribution in [0.15, 0.2) is 72.8 Å². The molecule has 2 atom stereocenters. The lowest BCUT2D eigenvalue weighted by Gasteiger charge is -2.26. The molecule has 3 aromatic carbocycles. The van der Waals surface area contributed by atoms with Gasteiger partial charge in [0.2, 0.25) is 0 Å². The Hall–Kier alpha value is -3.00. The number of hydrogen-bond acceptors (Lipinski definition) is 2. The Morgan fingerprint density at radius 3 is 1.97 bits per heavy atom. The standard InChI is InChI=1S/C23H17Cl2N3O/c1-15-22(17-4-2-3-16(13-17)14-26)28(21-11-7-19(25)8-12-21)23(29)27(15)20-9-5-18(24)6-10-20/h2-13,15,22H,1H3/t15-,22+/m0/s1. The maximum absolute atomic E-state index is 13.5. The van der Waals surface area contributed by atoms with Crippen molar-refractivity contribution in [2.75, 3.05) is 9.80 Å². The second-order valence-electron chi connectivity index (χ2n) is 6.90. The zero-order chi connectivity index (χ0) is 20.5. The van der Waals surface area contributed by atoms with Gasteiger partial charge in [-0.2, -0.15) is 5.26 Å². The lowest BCUT2D eigenvalue weighted by Crippen LogP contribution is -2.33. The van der Waals surface area contributed by atoms with E-state index in [1.807, 2.05) is 49.4 Å².